The molecule has 0 amide bonds. The van der Waals surface area contributed by atoms with Crippen LogP contribution in [0.25, 0.3) is 10.8 Å². The van der Waals surface area contributed by atoms with Gasteiger partial charge in [0.05, 0.1) is 5.02 Å². The first-order valence-corrected chi connectivity index (χ1v) is 4.29. The van der Waals surface area contributed by atoms with E-state index in [1.165, 1.54) is 0 Å². The molecule has 0 aliphatic heterocycles. The molecule has 0 saturated heterocycles. The fraction of sp³-hybridized carbons (Fsp3) is 0.100. The van der Waals surface area contributed by atoms with Gasteiger partial charge in [-0.15, -0.1) is 0 Å². The van der Waals surface area contributed by atoms with Gasteiger partial charge in [0.1, 0.15) is 5.75 Å². The van der Waals surface area contributed by atoms with Gasteiger partial charge >= 0.3 is 0 Å². The number of nitrogens with zero attached hydrogens (tertiary/aromatic N) is 1. The van der Waals surface area contributed by atoms with Crippen LogP contribution in [0.2, 0.25) is 5.02 Å². The van der Waals surface area contributed by atoms with Crippen LogP contribution >= 0.6 is 11.6 Å². The molecule has 0 radical (unpaired) electrons. The van der Waals surface area contributed by atoms with E-state index in [2.05, 4.69) is 4.98 Å². The molecule has 1 aromatic carbocycles. The van der Waals surface area contributed by atoms with Crippen LogP contribution < -0.4 is 0 Å². The summed E-state index contributed by atoms with van der Waals surface area (Å²) in [4.78, 5) is 4.02. The molecular formula is C10H8ClNO. The van der Waals surface area contributed by atoms with Crippen molar-refractivity contribution in [2.24, 2.45) is 0 Å². The highest BCUT2D eigenvalue weighted by Crippen LogP contribution is 2.32. The van der Waals surface area contributed by atoms with Crippen molar-refractivity contribution in [3.05, 3.63) is 35.1 Å². The van der Waals surface area contributed by atoms with Crippen LogP contribution in [0.1, 0.15) is 5.56 Å². The Morgan fingerprint density at radius 2 is 2.00 bits per heavy atom. The molecule has 0 bridgehead atoms. The Labute approximate surface area is 80.8 Å². The average molecular weight is 194 g/mol. The number of rotatable bonds is 0. The van der Waals surface area contributed by atoms with E-state index in [4.69, 9.17) is 11.6 Å². The summed E-state index contributed by atoms with van der Waals surface area (Å²) in [7, 11) is 0. The van der Waals surface area contributed by atoms with Gasteiger partial charge in [0.25, 0.3) is 0 Å². The van der Waals surface area contributed by atoms with Gasteiger partial charge in [0, 0.05) is 17.8 Å². The van der Waals surface area contributed by atoms with E-state index in [1.54, 1.807) is 18.5 Å². The van der Waals surface area contributed by atoms with E-state index in [1.807, 2.05) is 13.0 Å². The number of halogens is 1. The Kier molecular flexibility index (Phi) is 1.85. The van der Waals surface area contributed by atoms with E-state index in [0.717, 1.165) is 16.3 Å². The second-order valence-electron chi connectivity index (χ2n) is 2.95. The van der Waals surface area contributed by atoms with Crippen molar-refractivity contribution < 1.29 is 5.11 Å². The molecule has 0 spiro atoms. The lowest BCUT2D eigenvalue weighted by atomic mass is 10.1. The molecule has 3 heteroatoms. The number of phenols is 1. The summed E-state index contributed by atoms with van der Waals surface area (Å²) in [5, 5.41) is 11.5. The second kappa shape index (κ2) is 2.89. The van der Waals surface area contributed by atoms with Crippen LogP contribution in [0.15, 0.2) is 24.5 Å². The third-order valence-corrected chi connectivity index (χ3v) is 2.45. The molecule has 66 valence electrons. The van der Waals surface area contributed by atoms with Crippen molar-refractivity contribution in [3.8, 4) is 5.75 Å². The van der Waals surface area contributed by atoms with Crippen LogP contribution in [-0.2, 0) is 0 Å². The van der Waals surface area contributed by atoms with Crippen LogP contribution in [-0.4, -0.2) is 10.1 Å². The van der Waals surface area contributed by atoms with E-state index < -0.39 is 0 Å². The number of phenolic OH excluding ortho intramolecular Hbond substituents is 1. The van der Waals surface area contributed by atoms with Crippen molar-refractivity contribution in [3.63, 3.8) is 0 Å². The maximum Gasteiger partial charge on any atom is 0.134 e. The molecule has 1 N–H and O–H groups in total. The predicted molar refractivity (Wildman–Crippen MR) is 53.2 cm³/mol. The lowest BCUT2D eigenvalue weighted by molar-refractivity contribution is 0.476. The highest BCUT2D eigenvalue weighted by Gasteiger charge is 2.05. The molecule has 2 rings (SSSR count). The summed E-state index contributed by atoms with van der Waals surface area (Å²) in [5.74, 6) is 0.0987. The second-order valence-corrected chi connectivity index (χ2v) is 3.33. The van der Waals surface area contributed by atoms with Gasteiger partial charge in [-0.05, 0) is 23.9 Å². The van der Waals surface area contributed by atoms with Crippen LogP contribution in [0, 0.1) is 6.92 Å². The zero-order valence-electron chi connectivity index (χ0n) is 7.08. The number of hydrogen-bond donors (Lipinski definition) is 1. The lowest BCUT2D eigenvalue weighted by Crippen LogP contribution is -1.82. The molecule has 0 unspecified atom stereocenters. The average Bonchev–Trinajstić information content (AvgIpc) is 2.12. The van der Waals surface area contributed by atoms with Crippen molar-refractivity contribution >= 4 is 22.4 Å². The van der Waals surface area contributed by atoms with Crippen molar-refractivity contribution in [2.45, 2.75) is 6.92 Å². The quantitative estimate of drug-likeness (QED) is 0.698. The summed E-state index contributed by atoms with van der Waals surface area (Å²) in [6.07, 6.45) is 3.43. The fourth-order valence-corrected chi connectivity index (χ4v) is 1.56. The Hall–Kier alpha value is -1.28. The summed E-state index contributed by atoms with van der Waals surface area (Å²) < 4.78 is 0. The van der Waals surface area contributed by atoms with Crippen LogP contribution in [0.5, 0.6) is 5.75 Å². The largest absolute Gasteiger partial charge is 0.506 e. The number of aryl methyl sites for hydroxylation is 1. The Bertz CT molecular complexity index is 468. The first-order valence-electron chi connectivity index (χ1n) is 3.92. The van der Waals surface area contributed by atoms with Gasteiger partial charge in [-0.25, -0.2) is 0 Å². The van der Waals surface area contributed by atoms with Crippen LogP contribution in [0.4, 0.5) is 0 Å². The van der Waals surface area contributed by atoms with Gasteiger partial charge in [0.15, 0.2) is 0 Å². The Balaban J connectivity index is 2.94. The number of fused-ring (bicyclic) bond motifs is 1. The summed E-state index contributed by atoms with van der Waals surface area (Å²) in [6.45, 7) is 1.96. The summed E-state index contributed by atoms with van der Waals surface area (Å²) in [5.41, 5.74) is 1.06. The van der Waals surface area contributed by atoms with Gasteiger partial charge in [-0.2, -0.15) is 0 Å². The third kappa shape index (κ3) is 1.23. The SMILES string of the molecule is Cc1cncc2c(Cl)c(O)ccc12. The molecule has 0 aliphatic carbocycles. The lowest BCUT2D eigenvalue weighted by Gasteiger charge is -2.03. The number of aromatic nitrogens is 1. The van der Waals surface area contributed by atoms with Gasteiger partial charge in [0.2, 0.25) is 0 Å². The first-order chi connectivity index (χ1) is 6.20. The maximum absolute atomic E-state index is 9.35. The summed E-state index contributed by atoms with van der Waals surface area (Å²) >= 11 is 5.91. The normalized spacial score (nSPS) is 10.6. The minimum absolute atomic E-state index is 0.0987. The monoisotopic (exact) mass is 193 g/mol. The molecular weight excluding hydrogens is 186 g/mol. The predicted octanol–water partition coefficient (Wildman–Crippen LogP) is 2.90. The topological polar surface area (TPSA) is 33.1 Å². The molecule has 0 saturated carbocycles. The molecule has 0 fully saturated rings. The molecule has 2 aromatic rings. The van der Waals surface area contributed by atoms with Crippen LogP contribution in [0.3, 0.4) is 0 Å². The molecule has 0 aliphatic rings. The van der Waals surface area contributed by atoms with Gasteiger partial charge < -0.3 is 5.11 Å². The number of pyridine rings is 1. The Morgan fingerprint density at radius 1 is 1.23 bits per heavy atom. The van der Waals surface area contributed by atoms with Crippen molar-refractivity contribution in [1.29, 1.82) is 0 Å². The maximum atomic E-state index is 9.35. The first kappa shape index (κ1) is 8.32. The summed E-state index contributed by atoms with van der Waals surface area (Å²) in [6, 6.07) is 3.44. The third-order valence-electron chi connectivity index (χ3n) is 2.06. The minimum Gasteiger partial charge on any atom is -0.506 e. The van der Waals surface area contributed by atoms with Gasteiger partial charge in [-0.1, -0.05) is 17.7 Å². The van der Waals surface area contributed by atoms with Crippen molar-refractivity contribution in [1.82, 2.24) is 4.98 Å². The number of hydrogen-bond acceptors (Lipinski definition) is 2. The van der Waals surface area contributed by atoms with Gasteiger partial charge in [-0.3, -0.25) is 4.98 Å². The van der Waals surface area contributed by atoms with E-state index in [-0.39, 0.29) is 5.75 Å². The van der Waals surface area contributed by atoms with E-state index in [0.29, 0.717) is 5.02 Å². The minimum atomic E-state index is 0.0987. The molecule has 0 atom stereocenters. The van der Waals surface area contributed by atoms with Crippen molar-refractivity contribution in [2.75, 3.05) is 0 Å². The molecule has 1 heterocycles. The zero-order chi connectivity index (χ0) is 9.42. The smallest absolute Gasteiger partial charge is 0.134 e. The number of benzene rings is 1. The molecule has 1 aromatic heterocycles. The highest BCUT2D eigenvalue weighted by molar-refractivity contribution is 6.37. The number of aromatic hydroxyl groups is 1. The van der Waals surface area contributed by atoms with E-state index in [9.17, 15) is 5.11 Å². The molecule has 13 heavy (non-hydrogen) atoms. The zero-order valence-corrected chi connectivity index (χ0v) is 7.84. The fourth-order valence-electron chi connectivity index (χ4n) is 1.34. The highest BCUT2D eigenvalue weighted by atomic mass is 35.5. The Morgan fingerprint density at radius 3 is 2.77 bits per heavy atom. The standard InChI is InChI=1S/C10H8ClNO/c1-6-4-12-5-8-7(6)2-3-9(13)10(8)11/h2-5,13H,1H3. The molecule has 2 nitrogen and oxygen atoms in total. The van der Waals surface area contributed by atoms with E-state index >= 15 is 0 Å².